The molecule has 1 aromatic rings. The van der Waals surface area contributed by atoms with Crippen LogP contribution >= 0.6 is 0 Å². The number of esters is 2. The molecule has 0 spiro atoms. The molecule has 4 bridgehead atoms. The Hall–Kier alpha value is -2.07. The highest BCUT2D eigenvalue weighted by atomic mass is 32.2. The molecule has 4 fully saturated rings. The SMILES string of the molecule is CCC(C)(C)c1ccc(C(=O)OC23CC4CC(C2)CC(C(=O)OCC(F)(F)S(=O)(=O)O)(C4)C3)cc1. The molecule has 35 heavy (non-hydrogen) atoms. The van der Waals surface area contributed by atoms with Crippen molar-refractivity contribution in [3.05, 3.63) is 35.4 Å². The Labute approximate surface area is 204 Å². The molecular weight excluding hydrogens is 482 g/mol. The summed E-state index contributed by atoms with van der Waals surface area (Å²) in [5.41, 5.74) is -0.529. The van der Waals surface area contributed by atoms with Crippen LogP contribution in [0.25, 0.3) is 0 Å². The second-order valence-corrected chi connectivity index (χ2v) is 12.9. The van der Waals surface area contributed by atoms with Crippen LogP contribution in [-0.2, 0) is 29.8 Å². The van der Waals surface area contributed by atoms with E-state index in [1.54, 1.807) is 12.1 Å². The number of halogens is 2. The molecule has 1 aromatic carbocycles. The van der Waals surface area contributed by atoms with Crippen molar-refractivity contribution < 1.29 is 40.8 Å². The molecule has 4 aliphatic carbocycles. The van der Waals surface area contributed by atoms with Gasteiger partial charge in [0.05, 0.1) is 11.0 Å². The fraction of sp³-hybridized carbons (Fsp3) is 0.680. The Bertz CT molecular complexity index is 1100. The lowest BCUT2D eigenvalue weighted by Gasteiger charge is -2.59. The van der Waals surface area contributed by atoms with Crippen LogP contribution in [0.3, 0.4) is 0 Å². The molecular formula is C25H32F2O7S. The second-order valence-electron chi connectivity index (χ2n) is 11.3. The van der Waals surface area contributed by atoms with Gasteiger partial charge in [0, 0.05) is 6.42 Å². The maximum atomic E-state index is 13.6. The molecule has 4 aliphatic rings. The van der Waals surface area contributed by atoms with Gasteiger partial charge in [-0.25, -0.2) is 4.79 Å². The monoisotopic (exact) mass is 514 g/mol. The number of hydrogen-bond donors (Lipinski definition) is 1. The second kappa shape index (κ2) is 8.50. The summed E-state index contributed by atoms with van der Waals surface area (Å²) in [5, 5.41) is -4.59. The van der Waals surface area contributed by atoms with Crippen molar-refractivity contribution in [2.24, 2.45) is 17.3 Å². The zero-order valence-electron chi connectivity index (χ0n) is 20.2. The van der Waals surface area contributed by atoms with Crippen LogP contribution in [0.1, 0.15) is 81.6 Å². The first-order chi connectivity index (χ1) is 16.1. The molecule has 0 saturated heterocycles. The maximum absolute atomic E-state index is 13.6. The van der Waals surface area contributed by atoms with Crippen LogP contribution in [0.5, 0.6) is 0 Å². The van der Waals surface area contributed by atoms with Crippen LogP contribution in [0.2, 0.25) is 0 Å². The molecule has 0 aromatic heterocycles. The highest BCUT2D eigenvalue weighted by molar-refractivity contribution is 7.86. The van der Waals surface area contributed by atoms with Gasteiger partial charge in [0.25, 0.3) is 0 Å². The Balaban J connectivity index is 1.50. The summed E-state index contributed by atoms with van der Waals surface area (Å²) >= 11 is 0. The molecule has 1 N–H and O–H groups in total. The fourth-order valence-electron chi connectivity index (χ4n) is 6.43. The van der Waals surface area contributed by atoms with Gasteiger partial charge in [0.2, 0.25) is 0 Å². The molecule has 2 unspecified atom stereocenters. The molecule has 5 rings (SSSR count). The van der Waals surface area contributed by atoms with Crippen molar-refractivity contribution in [3.8, 4) is 0 Å². The van der Waals surface area contributed by atoms with Gasteiger partial charge in [0.1, 0.15) is 5.60 Å². The number of alkyl halides is 2. The highest BCUT2D eigenvalue weighted by Crippen LogP contribution is 2.63. The molecule has 0 heterocycles. The van der Waals surface area contributed by atoms with Crippen molar-refractivity contribution in [2.75, 3.05) is 6.61 Å². The molecule has 4 saturated carbocycles. The van der Waals surface area contributed by atoms with E-state index in [9.17, 15) is 26.8 Å². The van der Waals surface area contributed by atoms with E-state index in [4.69, 9.17) is 14.0 Å². The lowest BCUT2D eigenvalue weighted by atomic mass is 9.48. The van der Waals surface area contributed by atoms with E-state index in [0.717, 1.165) is 18.4 Å². The first-order valence-electron chi connectivity index (χ1n) is 12.0. The van der Waals surface area contributed by atoms with E-state index < -0.39 is 44.9 Å². The van der Waals surface area contributed by atoms with Crippen molar-refractivity contribution in [1.82, 2.24) is 0 Å². The minimum atomic E-state index is -5.71. The molecule has 0 aliphatic heterocycles. The lowest BCUT2D eigenvalue weighted by molar-refractivity contribution is -0.200. The summed E-state index contributed by atoms with van der Waals surface area (Å²) in [6.45, 7) is 4.59. The number of ether oxygens (including phenoxy) is 2. The number of carbonyl (C=O) groups is 2. The van der Waals surface area contributed by atoms with Gasteiger partial charge in [-0.1, -0.05) is 32.9 Å². The summed E-state index contributed by atoms with van der Waals surface area (Å²) in [6.07, 6.45) is 3.96. The topological polar surface area (TPSA) is 107 Å². The van der Waals surface area contributed by atoms with Gasteiger partial charge in [-0.15, -0.1) is 0 Å². The zero-order valence-corrected chi connectivity index (χ0v) is 21.0. The van der Waals surface area contributed by atoms with E-state index in [1.807, 2.05) is 12.1 Å². The largest absolute Gasteiger partial charge is 0.458 e. The van der Waals surface area contributed by atoms with E-state index in [1.165, 1.54) is 0 Å². The Kier molecular flexibility index (Phi) is 6.32. The average Bonchev–Trinajstić information content (AvgIpc) is 2.75. The van der Waals surface area contributed by atoms with Crippen LogP contribution in [0.15, 0.2) is 24.3 Å². The fourth-order valence-corrected chi connectivity index (χ4v) is 6.64. The van der Waals surface area contributed by atoms with E-state index >= 15 is 0 Å². The maximum Gasteiger partial charge on any atom is 0.402 e. The van der Waals surface area contributed by atoms with Gasteiger partial charge in [-0.3, -0.25) is 9.35 Å². The minimum Gasteiger partial charge on any atom is -0.458 e. The first kappa shape index (κ1) is 26.0. The van der Waals surface area contributed by atoms with Crippen LogP contribution < -0.4 is 0 Å². The van der Waals surface area contributed by atoms with Gasteiger partial charge in [-0.2, -0.15) is 17.2 Å². The van der Waals surface area contributed by atoms with E-state index in [2.05, 4.69) is 20.8 Å². The first-order valence-corrected chi connectivity index (χ1v) is 13.4. The Morgan fingerprint density at radius 2 is 1.66 bits per heavy atom. The standard InChI is InChI=1S/C25H32F2O7S/c1-4-22(2,3)19-7-5-18(6-8-19)20(28)34-24-12-16-9-17(13-24)11-23(10-16,14-24)21(29)33-15-25(26,27)35(30,31)32/h5-8,16-17H,4,9-15H2,1-3H3,(H,30,31,32). The number of hydrogen-bond acceptors (Lipinski definition) is 6. The lowest BCUT2D eigenvalue weighted by Crippen LogP contribution is -2.60. The number of benzene rings is 1. The molecule has 194 valence electrons. The quantitative estimate of drug-likeness (QED) is 0.389. The van der Waals surface area contributed by atoms with E-state index in [0.29, 0.717) is 31.2 Å². The third-order valence-electron chi connectivity index (χ3n) is 8.28. The summed E-state index contributed by atoms with van der Waals surface area (Å²) in [7, 11) is -5.71. The molecule has 0 radical (unpaired) electrons. The van der Waals surface area contributed by atoms with Crippen molar-refractivity contribution >= 4 is 22.1 Å². The van der Waals surface area contributed by atoms with Crippen LogP contribution in [0.4, 0.5) is 8.78 Å². The van der Waals surface area contributed by atoms with Crippen molar-refractivity contribution in [1.29, 1.82) is 0 Å². The zero-order chi connectivity index (χ0) is 25.9. The van der Waals surface area contributed by atoms with Crippen molar-refractivity contribution in [3.63, 3.8) is 0 Å². The molecule has 0 amide bonds. The third kappa shape index (κ3) is 4.83. The van der Waals surface area contributed by atoms with Gasteiger partial charge in [0.15, 0.2) is 6.61 Å². The predicted molar refractivity (Wildman–Crippen MR) is 122 cm³/mol. The van der Waals surface area contributed by atoms with E-state index in [-0.39, 0.29) is 23.7 Å². The van der Waals surface area contributed by atoms with Crippen LogP contribution in [-0.4, -0.2) is 42.4 Å². The van der Waals surface area contributed by atoms with Crippen LogP contribution in [0, 0.1) is 17.3 Å². The summed E-state index contributed by atoms with van der Waals surface area (Å²) < 4.78 is 68.5. The summed E-state index contributed by atoms with van der Waals surface area (Å²) in [5.74, 6) is -1.27. The van der Waals surface area contributed by atoms with Gasteiger partial charge >= 0.3 is 27.3 Å². The predicted octanol–water partition coefficient (Wildman–Crippen LogP) is 4.89. The normalized spacial score (nSPS) is 30.2. The molecule has 7 nitrogen and oxygen atoms in total. The summed E-state index contributed by atoms with van der Waals surface area (Å²) in [6, 6.07) is 7.29. The Morgan fingerprint density at radius 1 is 1.09 bits per heavy atom. The summed E-state index contributed by atoms with van der Waals surface area (Å²) in [4.78, 5) is 26.0. The minimum absolute atomic E-state index is 0.0265. The number of rotatable bonds is 8. The molecule has 10 heteroatoms. The highest BCUT2D eigenvalue weighted by Gasteiger charge is 2.63. The average molecular weight is 515 g/mol. The van der Waals surface area contributed by atoms with Crippen molar-refractivity contribution in [2.45, 2.75) is 82.0 Å². The van der Waals surface area contributed by atoms with Gasteiger partial charge < -0.3 is 9.47 Å². The van der Waals surface area contributed by atoms with Gasteiger partial charge in [-0.05, 0) is 73.5 Å². The Morgan fingerprint density at radius 3 is 2.17 bits per heavy atom. The number of carbonyl (C=O) groups excluding carboxylic acids is 2. The third-order valence-corrected chi connectivity index (χ3v) is 9.16. The molecule has 2 atom stereocenters. The smallest absolute Gasteiger partial charge is 0.402 e.